The van der Waals surface area contributed by atoms with Gasteiger partial charge in [0.25, 0.3) is 5.91 Å². The van der Waals surface area contributed by atoms with Crippen LogP contribution in [0.1, 0.15) is 28.3 Å². The minimum Gasteiger partial charge on any atom is -0.347 e. The standard InChI is InChI=1S/C20H14ClF3N4O2S/c21-15-12-2-1-10(11-6-25-18(26-7-11)20(22,23)24)5-13(12)31-16(15)17(30)28-8-19(9-28)4-3-14(29)27-19/h1-2,5-7H,3-4,8-9H2,(H,27,29). The lowest BCUT2D eigenvalue weighted by atomic mass is 9.88. The van der Waals surface area contributed by atoms with E-state index in [1.807, 2.05) is 0 Å². The van der Waals surface area contributed by atoms with Gasteiger partial charge in [-0.15, -0.1) is 11.3 Å². The number of hydrogen-bond acceptors (Lipinski definition) is 5. The van der Waals surface area contributed by atoms with E-state index in [4.69, 9.17) is 11.6 Å². The molecule has 2 aliphatic rings. The van der Waals surface area contributed by atoms with Crippen LogP contribution in [0.4, 0.5) is 13.2 Å². The fraction of sp³-hybridized carbons (Fsp3) is 0.300. The third kappa shape index (κ3) is 3.43. The Balaban J connectivity index is 1.40. The molecule has 1 spiro atoms. The number of benzene rings is 1. The Morgan fingerprint density at radius 3 is 2.52 bits per heavy atom. The number of amides is 2. The summed E-state index contributed by atoms with van der Waals surface area (Å²) in [4.78, 5) is 33.3. The van der Waals surface area contributed by atoms with Gasteiger partial charge in [0.1, 0.15) is 4.88 Å². The van der Waals surface area contributed by atoms with E-state index in [-0.39, 0.29) is 17.4 Å². The third-order valence-electron chi connectivity index (χ3n) is 5.57. The molecule has 0 aliphatic carbocycles. The van der Waals surface area contributed by atoms with Gasteiger partial charge >= 0.3 is 6.18 Å². The van der Waals surface area contributed by atoms with E-state index in [1.54, 1.807) is 23.1 Å². The summed E-state index contributed by atoms with van der Waals surface area (Å²) in [5, 5.41) is 3.97. The highest BCUT2D eigenvalue weighted by Gasteiger charge is 2.49. The minimum absolute atomic E-state index is 0.00627. The van der Waals surface area contributed by atoms with E-state index in [0.29, 0.717) is 52.3 Å². The van der Waals surface area contributed by atoms with E-state index in [2.05, 4.69) is 15.3 Å². The molecular formula is C20H14ClF3N4O2S. The Labute approximate surface area is 183 Å². The predicted octanol–water partition coefficient (Wildman–Crippen LogP) is 4.14. The zero-order valence-corrected chi connectivity index (χ0v) is 17.4. The molecular weight excluding hydrogens is 453 g/mol. The van der Waals surface area contributed by atoms with Crippen molar-refractivity contribution >= 4 is 44.8 Å². The zero-order chi connectivity index (χ0) is 22.0. The number of halogens is 4. The third-order valence-corrected chi connectivity index (χ3v) is 7.22. The van der Waals surface area contributed by atoms with Crippen LogP contribution in [-0.2, 0) is 11.0 Å². The van der Waals surface area contributed by atoms with Gasteiger partial charge in [0.15, 0.2) is 0 Å². The van der Waals surface area contributed by atoms with Gasteiger partial charge in [0.2, 0.25) is 11.7 Å². The summed E-state index contributed by atoms with van der Waals surface area (Å²) < 4.78 is 38.8. The van der Waals surface area contributed by atoms with Gasteiger partial charge in [-0.2, -0.15) is 13.2 Å². The second kappa shape index (κ2) is 6.89. The average Bonchev–Trinajstić information content (AvgIpc) is 3.26. The van der Waals surface area contributed by atoms with Crippen LogP contribution in [0.25, 0.3) is 21.2 Å². The van der Waals surface area contributed by atoms with Crippen LogP contribution in [0.15, 0.2) is 30.6 Å². The number of carbonyl (C=O) groups is 2. The number of alkyl halides is 3. The highest BCUT2D eigenvalue weighted by Crippen LogP contribution is 2.40. The molecule has 2 aliphatic heterocycles. The normalized spacial score (nSPS) is 17.8. The molecule has 3 aromatic rings. The number of carbonyl (C=O) groups excluding carboxylic acids is 2. The average molecular weight is 467 g/mol. The van der Waals surface area contributed by atoms with Crippen molar-refractivity contribution in [2.45, 2.75) is 24.6 Å². The van der Waals surface area contributed by atoms with Gasteiger partial charge in [0.05, 0.1) is 10.6 Å². The molecule has 11 heteroatoms. The van der Waals surface area contributed by atoms with Gasteiger partial charge in [-0.05, 0) is 18.1 Å². The molecule has 1 N–H and O–H groups in total. The largest absolute Gasteiger partial charge is 0.451 e. The molecule has 31 heavy (non-hydrogen) atoms. The maximum absolute atomic E-state index is 12.9. The maximum Gasteiger partial charge on any atom is 0.451 e. The fourth-order valence-electron chi connectivity index (χ4n) is 3.99. The van der Waals surface area contributed by atoms with E-state index >= 15 is 0 Å². The van der Waals surface area contributed by atoms with Crippen molar-refractivity contribution in [1.82, 2.24) is 20.2 Å². The molecule has 0 unspecified atom stereocenters. The van der Waals surface area contributed by atoms with Crippen molar-refractivity contribution in [3.8, 4) is 11.1 Å². The summed E-state index contributed by atoms with van der Waals surface area (Å²) in [6, 6.07) is 5.18. The SMILES string of the molecule is O=C1CCC2(CN(C(=O)c3sc4cc(-c5cnc(C(F)(F)F)nc5)ccc4c3Cl)C2)N1. The molecule has 0 radical (unpaired) electrons. The van der Waals surface area contributed by atoms with Crippen molar-refractivity contribution in [3.05, 3.63) is 46.3 Å². The first-order valence-electron chi connectivity index (χ1n) is 9.37. The van der Waals surface area contributed by atoms with Crippen LogP contribution in [0.2, 0.25) is 5.02 Å². The van der Waals surface area contributed by atoms with E-state index in [1.165, 1.54) is 11.3 Å². The first-order chi connectivity index (χ1) is 14.7. The van der Waals surface area contributed by atoms with Crippen LogP contribution >= 0.6 is 22.9 Å². The van der Waals surface area contributed by atoms with Crippen LogP contribution in [0.5, 0.6) is 0 Å². The quantitative estimate of drug-likeness (QED) is 0.616. The topological polar surface area (TPSA) is 75.2 Å². The summed E-state index contributed by atoms with van der Waals surface area (Å²) in [7, 11) is 0. The number of hydrogen-bond donors (Lipinski definition) is 1. The second-order valence-electron chi connectivity index (χ2n) is 7.74. The number of thiophene rings is 1. The van der Waals surface area contributed by atoms with Crippen molar-refractivity contribution in [2.75, 3.05) is 13.1 Å². The lowest BCUT2D eigenvalue weighted by Crippen LogP contribution is -2.68. The van der Waals surface area contributed by atoms with Crippen molar-refractivity contribution in [2.24, 2.45) is 0 Å². The number of likely N-dealkylation sites (tertiary alicyclic amines) is 1. The highest BCUT2D eigenvalue weighted by atomic mass is 35.5. The molecule has 0 bridgehead atoms. The summed E-state index contributed by atoms with van der Waals surface area (Å²) in [6.45, 7) is 0.909. The second-order valence-corrected chi connectivity index (χ2v) is 9.17. The molecule has 0 saturated carbocycles. The van der Waals surface area contributed by atoms with E-state index < -0.39 is 12.0 Å². The van der Waals surface area contributed by atoms with E-state index in [0.717, 1.165) is 17.1 Å². The Morgan fingerprint density at radius 1 is 1.19 bits per heavy atom. The van der Waals surface area contributed by atoms with Crippen LogP contribution in [-0.4, -0.2) is 45.3 Å². The Kier molecular flexibility index (Phi) is 4.49. The molecule has 0 atom stereocenters. The van der Waals surface area contributed by atoms with Gasteiger partial charge in [-0.3, -0.25) is 9.59 Å². The van der Waals surface area contributed by atoms with Crippen LogP contribution < -0.4 is 5.32 Å². The van der Waals surface area contributed by atoms with E-state index in [9.17, 15) is 22.8 Å². The number of aromatic nitrogens is 2. The van der Waals surface area contributed by atoms with Crippen LogP contribution in [0, 0.1) is 0 Å². The summed E-state index contributed by atoms with van der Waals surface area (Å²) in [6.07, 6.45) is -1.17. The van der Waals surface area contributed by atoms with Gasteiger partial charge < -0.3 is 10.2 Å². The number of nitrogens with zero attached hydrogens (tertiary/aromatic N) is 3. The molecule has 2 fully saturated rings. The van der Waals surface area contributed by atoms with Gasteiger partial charge in [-0.25, -0.2) is 9.97 Å². The molecule has 2 aromatic heterocycles. The Bertz CT molecular complexity index is 1220. The lowest BCUT2D eigenvalue weighted by Gasteiger charge is -2.47. The van der Waals surface area contributed by atoms with Crippen molar-refractivity contribution in [3.63, 3.8) is 0 Å². The first-order valence-corrected chi connectivity index (χ1v) is 10.6. The summed E-state index contributed by atoms with van der Waals surface area (Å²) in [5.74, 6) is -1.39. The smallest absolute Gasteiger partial charge is 0.347 e. The Morgan fingerprint density at radius 2 is 1.90 bits per heavy atom. The molecule has 5 rings (SSSR count). The molecule has 6 nitrogen and oxygen atoms in total. The van der Waals surface area contributed by atoms with Crippen molar-refractivity contribution in [1.29, 1.82) is 0 Å². The van der Waals surface area contributed by atoms with Gasteiger partial charge in [0, 0.05) is 47.6 Å². The summed E-state index contributed by atoms with van der Waals surface area (Å²) in [5.41, 5.74) is 0.731. The predicted molar refractivity (Wildman–Crippen MR) is 109 cm³/mol. The fourth-order valence-corrected chi connectivity index (χ4v) is 5.51. The molecule has 4 heterocycles. The number of nitrogens with one attached hydrogen (secondary N) is 1. The highest BCUT2D eigenvalue weighted by molar-refractivity contribution is 7.21. The zero-order valence-electron chi connectivity index (χ0n) is 15.8. The first kappa shape index (κ1) is 20.2. The number of fused-ring (bicyclic) bond motifs is 1. The molecule has 2 saturated heterocycles. The molecule has 2 amide bonds. The molecule has 1 aromatic carbocycles. The maximum atomic E-state index is 12.9. The lowest BCUT2D eigenvalue weighted by molar-refractivity contribution is -0.145. The minimum atomic E-state index is -4.60. The van der Waals surface area contributed by atoms with Crippen LogP contribution in [0.3, 0.4) is 0 Å². The monoisotopic (exact) mass is 466 g/mol. The Hall–Kier alpha value is -2.72. The van der Waals surface area contributed by atoms with Gasteiger partial charge in [-0.1, -0.05) is 23.7 Å². The molecule has 160 valence electrons. The number of rotatable bonds is 2. The van der Waals surface area contributed by atoms with Crippen molar-refractivity contribution < 1.29 is 22.8 Å². The summed E-state index contributed by atoms with van der Waals surface area (Å²) >= 11 is 7.69.